The van der Waals surface area contributed by atoms with Crippen LogP contribution in [0.1, 0.15) is 57.9 Å². The average molecular weight is 359 g/mol. The van der Waals surface area contributed by atoms with Crippen molar-refractivity contribution in [2.45, 2.75) is 58.8 Å². The molecule has 0 atom stereocenters. The first-order chi connectivity index (χ1) is 13.2. The number of aryl methyl sites for hydroxylation is 1. The van der Waals surface area contributed by atoms with Gasteiger partial charge in [-0.15, -0.1) is 0 Å². The molecule has 0 saturated heterocycles. The van der Waals surface area contributed by atoms with Gasteiger partial charge in [-0.25, -0.2) is 0 Å². The molecule has 3 aromatic rings. The van der Waals surface area contributed by atoms with Gasteiger partial charge >= 0.3 is 0 Å². The molecule has 0 aliphatic carbocycles. The van der Waals surface area contributed by atoms with Crippen molar-refractivity contribution in [3.63, 3.8) is 0 Å². The molecule has 1 nitrogen and oxygen atoms in total. The molecule has 27 heavy (non-hydrogen) atoms. The van der Waals surface area contributed by atoms with Crippen molar-refractivity contribution in [1.29, 1.82) is 0 Å². The van der Waals surface area contributed by atoms with E-state index in [4.69, 9.17) is 0 Å². The van der Waals surface area contributed by atoms with Gasteiger partial charge in [0, 0.05) is 10.8 Å². The molecule has 0 spiro atoms. The summed E-state index contributed by atoms with van der Waals surface area (Å²) >= 11 is 0. The van der Waals surface area contributed by atoms with Crippen molar-refractivity contribution in [2.75, 3.05) is 0 Å². The summed E-state index contributed by atoms with van der Waals surface area (Å²) in [6.45, 7) is 4.47. The molecule has 0 bridgehead atoms. The number of benzene rings is 2. The number of fused-ring (bicyclic) bond motifs is 2. The molecule has 0 N–H and O–H groups in total. The second-order valence-corrected chi connectivity index (χ2v) is 7.32. The van der Waals surface area contributed by atoms with Gasteiger partial charge in [0.15, 0.2) is 5.43 Å². The van der Waals surface area contributed by atoms with Gasteiger partial charge in [-0.3, -0.25) is 4.79 Å². The van der Waals surface area contributed by atoms with E-state index in [1.54, 1.807) is 5.57 Å². The first-order valence-corrected chi connectivity index (χ1v) is 10.4. The van der Waals surface area contributed by atoms with Crippen LogP contribution in [0.5, 0.6) is 0 Å². The summed E-state index contributed by atoms with van der Waals surface area (Å²) in [4.78, 5) is 13.0. The Morgan fingerprint density at radius 1 is 0.852 bits per heavy atom. The Morgan fingerprint density at radius 2 is 1.56 bits per heavy atom. The minimum absolute atomic E-state index is 0.143. The molecule has 0 aliphatic heterocycles. The van der Waals surface area contributed by atoms with Gasteiger partial charge in [-0.2, -0.15) is 0 Å². The fraction of sp³-hybridized carbons (Fsp3) is 0.346. The van der Waals surface area contributed by atoms with E-state index in [0.717, 1.165) is 34.4 Å². The maximum atomic E-state index is 13.0. The van der Waals surface area contributed by atoms with E-state index in [9.17, 15) is 4.79 Å². The van der Waals surface area contributed by atoms with Gasteiger partial charge in [0.2, 0.25) is 0 Å². The van der Waals surface area contributed by atoms with E-state index in [1.807, 2.05) is 36.4 Å². The third-order valence-electron chi connectivity index (χ3n) is 5.44. The Morgan fingerprint density at radius 3 is 2.30 bits per heavy atom. The number of hydrogen-bond acceptors (Lipinski definition) is 1. The topological polar surface area (TPSA) is 17.1 Å². The molecule has 3 rings (SSSR count). The van der Waals surface area contributed by atoms with E-state index < -0.39 is 0 Å². The van der Waals surface area contributed by atoms with Crippen molar-refractivity contribution in [1.82, 2.24) is 0 Å². The second kappa shape index (κ2) is 9.50. The highest BCUT2D eigenvalue weighted by Crippen LogP contribution is 2.22. The van der Waals surface area contributed by atoms with Crippen molar-refractivity contribution in [3.8, 4) is 0 Å². The Kier molecular flexibility index (Phi) is 6.81. The predicted molar refractivity (Wildman–Crippen MR) is 119 cm³/mol. The SMILES string of the molecule is CC/C=C(\CC)CCCCCc1cc2ccccc2c(=O)c2ccccc12. The summed E-state index contributed by atoms with van der Waals surface area (Å²) in [6.07, 6.45) is 10.6. The van der Waals surface area contributed by atoms with E-state index in [0.29, 0.717) is 0 Å². The summed E-state index contributed by atoms with van der Waals surface area (Å²) in [7, 11) is 0. The van der Waals surface area contributed by atoms with Gasteiger partial charge in [-0.1, -0.05) is 86.5 Å². The van der Waals surface area contributed by atoms with Gasteiger partial charge < -0.3 is 0 Å². The highest BCUT2D eigenvalue weighted by Gasteiger charge is 2.07. The molecule has 0 unspecified atom stereocenters. The number of allylic oxidation sites excluding steroid dienone is 2. The molecular formula is C26H30O. The van der Waals surface area contributed by atoms with Crippen LogP contribution in [0.4, 0.5) is 0 Å². The van der Waals surface area contributed by atoms with Gasteiger partial charge in [0.1, 0.15) is 0 Å². The van der Waals surface area contributed by atoms with Crippen molar-refractivity contribution >= 4 is 21.5 Å². The van der Waals surface area contributed by atoms with Crippen LogP contribution in [0, 0.1) is 0 Å². The van der Waals surface area contributed by atoms with Crippen LogP contribution < -0.4 is 5.43 Å². The second-order valence-electron chi connectivity index (χ2n) is 7.32. The normalized spacial score (nSPS) is 12.0. The van der Waals surface area contributed by atoms with Crippen LogP contribution in [-0.2, 0) is 6.42 Å². The van der Waals surface area contributed by atoms with E-state index in [1.165, 1.54) is 37.7 Å². The third-order valence-corrected chi connectivity index (χ3v) is 5.44. The van der Waals surface area contributed by atoms with Gasteiger partial charge in [0.05, 0.1) is 0 Å². The van der Waals surface area contributed by atoms with E-state index in [-0.39, 0.29) is 5.43 Å². The Labute approximate surface area is 162 Å². The van der Waals surface area contributed by atoms with Crippen molar-refractivity contribution < 1.29 is 0 Å². The molecule has 0 fully saturated rings. The number of rotatable bonds is 8. The lowest BCUT2D eigenvalue weighted by Crippen LogP contribution is -1.98. The summed E-state index contributed by atoms with van der Waals surface area (Å²) in [5.41, 5.74) is 3.03. The maximum absolute atomic E-state index is 13.0. The van der Waals surface area contributed by atoms with Crippen LogP contribution in [-0.4, -0.2) is 0 Å². The molecule has 0 amide bonds. The lowest BCUT2D eigenvalue weighted by atomic mass is 10.00. The zero-order valence-corrected chi connectivity index (χ0v) is 16.6. The fourth-order valence-electron chi connectivity index (χ4n) is 3.96. The van der Waals surface area contributed by atoms with Gasteiger partial charge in [0.25, 0.3) is 0 Å². The standard InChI is InChI=1S/C26H30O/c1-3-12-20(4-2)13-6-5-7-14-21-19-22-15-8-9-17-24(22)26(27)25-18-11-10-16-23(21)25/h8-12,15-19H,3-7,13-14H2,1-2H3/b20-12+. The monoisotopic (exact) mass is 358 g/mol. The van der Waals surface area contributed by atoms with Crippen molar-refractivity contribution in [2.24, 2.45) is 0 Å². The van der Waals surface area contributed by atoms with Gasteiger partial charge in [-0.05, 0) is 54.9 Å². The molecule has 0 aliphatic rings. The fourth-order valence-corrected chi connectivity index (χ4v) is 3.96. The molecule has 0 heterocycles. The average Bonchev–Trinajstić information content (AvgIpc) is 2.82. The van der Waals surface area contributed by atoms with Crippen LogP contribution in [0.3, 0.4) is 0 Å². The Balaban J connectivity index is 1.83. The molecule has 0 aromatic heterocycles. The Hall–Kier alpha value is -2.41. The summed E-state index contributed by atoms with van der Waals surface area (Å²) < 4.78 is 0. The van der Waals surface area contributed by atoms with Crippen LogP contribution >= 0.6 is 0 Å². The number of hydrogen-bond donors (Lipinski definition) is 0. The highest BCUT2D eigenvalue weighted by molar-refractivity contribution is 5.95. The smallest absolute Gasteiger partial charge is 0.194 e. The van der Waals surface area contributed by atoms with E-state index >= 15 is 0 Å². The van der Waals surface area contributed by atoms with E-state index in [2.05, 4.69) is 38.1 Å². The van der Waals surface area contributed by atoms with Crippen molar-refractivity contribution in [3.05, 3.63) is 82.0 Å². The largest absolute Gasteiger partial charge is 0.289 e. The molecule has 1 heteroatoms. The molecule has 0 saturated carbocycles. The lowest BCUT2D eigenvalue weighted by Gasteiger charge is -2.06. The third kappa shape index (κ3) is 4.66. The van der Waals surface area contributed by atoms with Crippen LogP contribution in [0.15, 0.2) is 71.0 Å². The van der Waals surface area contributed by atoms with Crippen LogP contribution in [0.2, 0.25) is 0 Å². The Bertz CT molecular complexity index is 998. The quantitative estimate of drug-likeness (QED) is 0.307. The maximum Gasteiger partial charge on any atom is 0.194 e. The zero-order valence-electron chi connectivity index (χ0n) is 16.6. The summed E-state index contributed by atoms with van der Waals surface area (Å²) in [6, 6.07) is 18.3. The zero-order chi connectivity index (χ0) is 19.1. The predicted octanol–water partition coefficient (Wildman–Crippen LogP) is 7.20. The molecule has 140 valence electrons. The first-order valence-electron chi connectivity index (χ1n) is 10.4. The summed E-state index contributed by atoms with van der Waals surface area (Å²) in [5, 5.41) is 3.82. The van der Waals surface area contributed by atoms with Crippen LogP contribution in [0.25, 0.3) is 21.5 Å². The summed E-state index contributed by atoms with van der Waals surface area (Å²) in [5.74, 6) is 0. The lowest BCUT2D eigenvalue weighted by molar-refractivity contribution is 0.668. The highest BCUT2D eigenvalue weighted by atomic mass is 16.1. The first kappa shape index (κ1) is 19.4. The molecule has 0 radical (unpaired) electrons. The number of unbranched alkanes of at least 4 members (excludes halogenated alkanes) is 2. The molecular weight excluding hydrogens is 328 g/mol. The minimum atomic E-state index is 0.143. The minimum Gasteiger partial charge on any atom is -0.289 e. The molecule has 3 aromatic carbocycles.